The minimum absolute atomic E-state index is 0.224. The SMILES string of the molecule is CCOC(=O)[C@H]1CCCN(C(=O)c2cnc(N3CCN(c4cc(Cl)ccc4OC)CC3)nc2OC)C1. The molecule has 2 aliphatic heterocycles. The second-order valence-corrected chi connectivity index (χ2v) is 9.16. The van der Waals surface area contributed by atoms with Crippen molar-refractivity contribution in [3.63, 3.8) is 0 Å². The van der Waals surface area contributed by atoms with Gasteiger partial charge in [0, 0.05) is 50.5 Å². The van der Waals surface area contributed by atoms with Crippen LogP contribution in [0.5, 0.6) is 11.6 Å². The number of rotatable bonds is 7. The first-order valence-electron chi connectivity index (χ1n) is 12.2. The smallest absolute Gasteiger partial charge is 0.310 e. The van der Waals surface area contributed by atoms with Crippen LogP contribution in [0.2, 0.25) is 5.02 Å². The maximum atomic E-state index is 13.3. The number of hydrogen-bond acceptors (Lipinski definition) is 9. The monoisotopic (exact) mass is 517 g/mol. The third kappa shape index (κ3) is 5.59. The lowest BCUT2D eigenvalue weighted by atomic mass is 9.97. The Labute approximate surface area is 216 Å². The molecule has 2 aromatic rings. The average molecular weight is 518 g/mol. The highest BCUT2D eigenvalue weighted by atomic mass is 35.5. The van der Waals surface area contributed by atoms with E-state index >= 15 is 0 Å². The van der Waals surface area contributed by atoms with Gasteiger partial charge in [0.15, 0.2) is 0 Å². The van der Waals surface area contributed by atoms with Gasteiger partial charge in [0.05, 0.1) is 32.4 Å². The van der Waals surface area contributed by atoms with Crippen LogP contribution in [0.15, 0.2) is 24.4 Å². The number of aromatic nitrogens is 2. The van der Waals surface area contributed by atoms with Crippen LogP contribution in [0.3, 0.4) is 0 Å². The first kappa shape index (κ1) is 25.8. The van der Waals surface area contributed by atoms with Crippen LogP contribution in [0.4, 0.5) is 11.6 Å². The number of hydrogen-bond donors (Lipinski definition) is 0. The molecule has 10 nitrogen and oxygen atoms in total. The molecule has 2 saturated heterocycles. The lowest BCUT2D eigenvalue weighted by Crippen LogP contribution is -2.47. The zero-order valence-electron chi connectivity index (χ0n) is 20.9. The number of methoxy groups -OCH3 is 2. The number of esters is 1. The average Bonchev–Trinajstić information content (AvgIpc) is 2.92. The molecule has 2 aliphatic rings. The number of carbonyl (C=O) groups is 2. The summed E-state index contributed by atoms with van der Waals surface area (Å²) in [4.78, 5) is 40.4. The molecule has 1 atom stereocenters. The number of anilines is 2. The molecule has 4 rings (SSSR count). The summed E-state index contributed by atoms with van der Waals surface area (Å²) in [5.74, 6) is 0.680. The number of piperazine rings is 1. The number of carbonyl (C=O) groups excluding carboxylic acids is 2. The molecule has 0 aliphatic carbocycles. The first-order chi connectivity index (χ1) is 17.4. The maximum absolute atomic E-state index is 13.3. The van der Waals surface area contributed by atoms with E-state index in [-0.39, 0.29) is 29.2 Å². The Kier molecular flexibility index (Phi) is 8.35. The fourth-order valence-electron chi connectivity index (χ4n) is 4.65. The van der Waals surface area contributed by atoms with Gasteiger partial charge in [0.25, 0.3) is 5.91 Å². The Morgan fingerprint density at radius 2 is 1.83 bits per heavy atom. The summed E-state index contributed by atoms with van der Waals surface area (Å²) in [6, 6.07) is 5.58. The number of halogens is 1. The minimum atomic E-state index is -0.316. The minimum Gasteiger partial charge on any atom is -0.495 e. The summed E-state index contributed by atoms with van der Waals surface area (Å²) in [6.45, 7) is 5.80. The lowest BCUT2D eigenvalue weighted by molar-refractivity contribution is -0.149. The van der Waals surface area contributed by atoms with Crippen molar-refractivity contribution in [1.29, 1.82) is 0 Å². The molecule has 1 aromatic heterocycles. The van der Waals surface area contributed by atoms with Gasteiger partial charge in [-0.25, -0.2) is 4.98 Å². The van der Waals surface area contributed by atoms with E-state index in [2.05, 4.69) is 19.8 Å². The van der Waals surface area contributed by atoms with Crippen molar-refractivity contribution in [2.75, 3.05) is 69.9 Å². The van der Waals surface area contributed by atoms with E-state index in [4.69, 9.17) is 25.8 Å². The maximum Gasteiger partial charge on any atom is 0.310 e. The predicted octanol–water partition coefficient (Wildman–Crippen LogP) is 2.89. The van der Waals surface area contributed by atoms with Gasteiger partial charge < -0.3 is 28.9 Å². The van der Waals surface area contributed by atoms with Gasteiger partial charge in [0.1, 0.15) is 11.3 Å². The van der Waals surface area contributed by atoms with Crippen LogP contribution >= 0.6 is 11.6 Å². The van der Waals surface area contributed by atoms with Crippen molar-refractivity contribution >= 4 is 35.1 Å². The van der Waals surface area contributed by atoms with Gasteiger partial charge >= 0.3 is 5.97 Å². The first-order valence-corrected chi connectivity index (χ1v) is 12.5. The third-order valence-corrected chi connectivity index (χ3v) is 6.77. The van der Waals surface area contributed by atoms with Crippen LogP contribution in [0.1, 0.15) is 30.1 Å². The fraction of sp³-hybridized carbons (Fsp3) is 0.520. The van der Waals surface area contributed by atoms with Gasteiger partial charge in [-0.15, -0.1) is 0 Å². The molecule has 0 saturated carbocycles. The topological polar surface area (TPSA) is 97.3 Å². The van der Waals surface area contributed by atoms with Crippen LogP contribution in [0, 0.1) is 5.92 Å². The Bertz CT molecular complexity index is 1090. The largest absolute Gasteiger partial charge is 0.495 e. The molecule has 0 bridgehead atoms. The van der Waals surface area contributed by atoms with Crippen molar-refractivity contribution < 1.29 is 23.8 Å². The molecule has 0 radical (unpaired) electrons. The van der Waals surface area contributed by atoms with Crippen molar-refractivity contribution in [2.24, 2.45) is 5.92 Å². The third-order valence-electron chi connectivity index (χ3n) is 6.54. The molecule has 36 heavy (non-hydrogen) atoms. The van der Waals surface area contributed by atoms with Crippen LogP contribution < -0.4 is 19.3 Å². The molecule has 0 unspecified atom stereocenters. The molecule has 1 amide bonds. The number of benzene rings is 1. The van der Waals surface area contributed by atoms with Crippen LogP contribution in [-0.2, 0) is 9.53 Å². The van der Waals surface area contributed by atoms with Crippen molar-refractivity contribution in [3.05, 3.63) is 35.0 Å². The van der Waals surface area contributed by atoms with Gasteiger partial charge in [0.2, 0.25) is 11.8 Å². The molecule has 194 valence electrons. The lowest BCUT2D eigenvalue weighted by Gasteiger charge is -2.36. The van der Waals surface area contributed by atoms with Crippen molar-refractivity contribution in [1.82, 2.24) is 14.9 Å². The van der Waals surface area contributed by atoms with E-state index < -0.39 is 0 Å². The normalized spacial score (nSPS) is 18.1. The molecule has 3 heterocycles. The van der Waals surface area contributed by atoms with E-state index in [9.17, 15) is 9.59 Å². The van der Waals surface area contributed by atoms with Gasteiger partial charge in [-0.1, -0.05) is 11.6 Å². The summed E-state index contributed by atoms with van der Waals surface area (Å²) < 4.78 is 16.1. The highest BCUT2D eigenvalue weighted by Gasteiger charge is 2.32. The standard InChI is InChI=1S/C25H32ClN5O5/c1-4-36-24(33)17-6-5-9-31(16-17)23(32)19-15-27-25(28-22(19)35-3)30-12-10-29(11-13-30)20-14-18(26)7-8-21(20)34-2/h7-8,14-15,17H,4-6,9-13,16H2,1-3H3/t17-/m0/s1. The Balaban J connectivity index is 1.44. The van der Waals surface area contributed by atoms with E-state index in [0.717, 1.165) is 30.9 Å². The van der Waals surface area contributed by atoms with E-state index in [1.165, 1.54) is 13.3 Å². The number of nitrogens with zero attached hydrogens (tertiary/aromatic N) is 5. The van der Waals surface area contributed by atoms with Gasteiger partial charge in [-0.3, -0.25) is 9.59 Å². The van der Waals surface area contributed by atoms with E-state index in [1.54, 1.807) is 18.9 Å². The summed E-state index contributed by atoms with van der Waals surface area (Å²) in [7, 11) is 3.14. The molecular weight excluding hydrogens is 486 g/mol. The number of piperidine rings is 1. The van der Waals surface area contributed by atoms with Crippen LogP contribution in [0.25, 0.3) is 0 Å². The van der Waals surface area contributed by atoms with E-state index in [1.807, 2.05) is 18.2 Å². The Morgan fingerprint density at radius 1 is 1.08 bits per heavy atom. The van der Waals surface area contributed by atoms with Gasteiger partial charge in [-0.05, 0) is 38.0 Å². The highest BCUT2D eigenvalue weighted by molar-refractivity contribution is 6.31. The molecule has 11 heteroatoms. The summed E-state index contributed by atoms with van der Waals surface area (Å²) in [5, 5.41) is 0.656. The fourth-order valence-corrected chi connectivity index (χ4v) is 4.82. The molecule has 0 spiro atoms. The zero-order valence-corrected chi connectivity index (χ0v) is 21.7. The van der Waals surface area contributed by atoms with E-state index in [0.29, 0.717) is 50.2 Å². The van der Waals surface area contributed by atoms with Gasteiger partial charge in [-0.2, -0.15) is 4.98 Å². The summed E-state index contributed by atoms with van der Waals surface area (Å²) in [6.07, 6.45) is 2.96. The second-order valence-electron chi connectivity index (χ2n) is 8.73. The molecule has 0 N–H and O–H groups in total. The summed E-state index contributed by atoms with van der Waals surface area (Å²) >= 11 is 6.20. The predicted molar refractivity (Wildman–Crippen MR) is 136 cm³/mol. The second kappa shape index (κ2) is 11.6. The number of amides is 1. The molecule has 2 fully saturated rings. The van der Waals surface area contributed by atoms with Crippen molar-refractivity contribution in [2.45, 2.75) is 19.8 Å². The van der Waals surface area contributed by atoms with Crippen LogP contribution in [-0.4, -0.2) is 86.8 Å². The van der Waals surface area contributed by atoms with Crippen molar-refractivity contribution in [3.8, 4) is 11.6 Å². The quantitative estimate of drug-likeness (QED) is 0.513. The number of ether oxygens (including phenoxy) is 3. The summed E-state index contributed by atoms with van der Waals surface area (Å²) in [5.41, 5.74) is 1.24. The Hall–Kier alpha value is -3.27. The number of likely N-dealkylation sites (tertiary alicyclic amines) is 1. The highest BCUT2D eigenvalue weighted by Crippen LogP contribution is 2.32. The molecular formula is C25H32ClN5O5. The Morgan fingerprint density at radius 3 is 2.53 bits per heavy atom. The molecule has 1 aromatic carbocycles. The zero-order chi connectivity index (χ0) is 25.7.